The SMILES string of the molecule is Nc1ncnc(-c2cc(F)ccc2C(F)(F)F)n1. The summed E-state index contributed by atoms with van der Waals surface area (Å²) in [6.07, 6.45) is -3.67. The van der Waals surface area contributed by atoms with E-state index in [0.717, 1.165) is 12.4 Å². The molecule has 18 heavy (non-hydrogen) atoms. The van der Waals surface area contributed by atoms with Gasteiger partial charge >= 0.3 is 6.18 Å². The van der Waals surface area contributed by atoms with E-state index in [1.54, 1.807) is 0 Å². The number of rotatable bonds is 1. The number of nitrogens with two attached hydrogens (primary N) is 1. The molecule has 2 rings (SSSR count). The van der Waals surface area contributed by atoms with Gasteiger partial charge in [-0.05, 0) is 18.2 Å². The number of halogens is 4. The Hall–Kier alpha value is -2.25. The van der Waals surface area contributed by atoms with E-state index in [0.29, 0.717) is 12.1 Å². The third-order valence-corrected chi connectivity index (χ3v) is 2.12. The fourth-order valence-electron chi connectivity index (χ4n) is 1.39. The molecule has 2 N–H and O–H groups in total. The molecule has 0 saturated carbocycles. The number of hydrogen-bond donors (Lipinski definition) is 1. The van der Waals surface area contributed by atoms with E-state index in [1.807, 2.05) is 0 Å². The van der Waals surface area contributed by atoms with Gasteiger partial charge in [-0.1, -0.05) is 0 Å². The van der Waals surface area contributed by atoms with E-state index in [4.69, 9.17) is 5.73 Å². The summed E-state index contributed by atoms with van der Waals surface area (Å²) in [6, 6.07) is 2.05. The summed E-state index contributed by atoms with van der Waals surface area (Å²) in [5.41, 5.74) is 3.75. The second-order valence-corrected chi connectivity index (χ2v) is 3.35. The molecule has 0 aliphatic heterocycles. The Labute approximate surface area is 98.5 Å². The Morgan fingerprint density at radius 1 is 1.11 bits per heavy atom. The van der Waals surface area contributed by atoms with Gasteiger partial charge in [0.25, 0.3) is 0 Å². The number of anilines is 1. The van der Waals surface area contributed by atoms with Crippen LogP contribution in [0.15, 0.2) is 24.5 Å². The highest BCUT2D eigenvalue weighted by Crippen LogP contribution is 2.36. The molecule has 0 atom stereocenters. The van der Waals surface area contributed by atoms with Crippen molar-refractivity contribution >= 4 is 5.95 Å². The van der Waals surface area contributed by atoms with E-state index < -0.39 is 23.1 Å². The number of nitrogens with zero attached hydrogens (tertiary/aromatic N) is 3. The summed E-state index contributed by atoms with van der Waals surface area (Å²) >= 11 is 0. The molecule has 0 amide bonds. The summed E-state index contributed by atoms with van der Waals surface area (Å²) < 4.78 is 51.3. The van der Waals surface area contributed by atoms with Crippen LogP contribution in [0.3, 0.4) is 0 Å². The third kappa shape index (κ3) is 2.36. The summed E-state index contributed by atoms with van der Waals surface area (Å²) in [5.74, 6) is -1.39. The lowest BCUT2D eigenvalue weighted by molar-refractivity contribution is -0.137. The lowest BCUT2D eigenvalue weighted by atomic mass is 10.1. The summed E-state index contributed by atoms with van der Waals surface area (Å²) in [5, 5.41) is 0. The Morgan fingerprint density at radius 3 is 2.44 bits per heavy atom. The topological polar surface area (TPSA) is 64.7 Å². The number of alkyl halides is 3. The first-order valence-corrected chi connectivity index (χ1v) is 4.69. The molecule has 8 heteroatoms. The van der Waals surface area contributed by atoms with Crippen LogP contribution in [0.5, 0.6) is 0 Å². The third-order valence-electron chi connectivity index (χ3n) is 2.12. The van der Waals surface area contributed by atoms with Gasteiger partial charge in [0.05, 0.1) is 5.56 Å². The van der Waals surface area contributed by atoms with Crippen molar-refractivity contribution in [3.63, 3.8) is 0 Å². The molecule has 0 aliphatic carbocycles. The number of benzene rings is 1. The zero-order chi connectivity index (χ0) is 13.3. The number of hydrogen-bond acceptors (Lipinski definition) is 4. The van der Waals surface area contributed by atoms with Crippen LogP contribution in [0.25, 0.3) is 11.4 Å². The van der Waals surface area contributed by atoms with Crippen molar-refractivity contribution in [2.45, 2.75) is 6.18 Å². The molecule has 0 bridgehead atoms. The molecule has 0 aliphatic rings. The quantitative estimate of drug-likeness (QED) is 0.797. The second kappa shape index (κ2) is 4.21. The van der Waals surface area contributed by atoms with Crippen LogP contribution in [-0.2, 0) is 6.18 Å². The van der Waals surface area contributed by atoms with Gasteiger partial charge in [-0.15, -0.1) is 0 Å². The van der Waals surface area contributed by atoms with Crippen LogP contribution in [0.1, 0.15) is 5.56 Å². The Morgan fingerprint density at radius 2 is 1.83 bits per heavy atom. The van der Waals surface area contributed by atoms with E-state index in [9.17, 15) is 17.6 Å². The monoisotopic (exact) mass is 258 g/mol. The van der Waals surface area contributed by atoms with Crippen LogP contribution in [0.2, 0.25) is 0 Å². The highest BCUT2D eigenvalue weighted by Gasteiger charge is 2.34. The first-order valence-electron chi connectivity index (χ1n) is 4.69. The van der Waals surface area contributed by atoms with Crippen LogP contribution in [-0.4, -0.2) is 15.0 Å². The summed E-state index contributed by atoms with van der Waals surface area (Å²) in [6.45, 7) is 0. The molecule has 0 saturated heterocycles. The molecule has 4 nitrogen and oxygen atoms in total. The molecule has 0 unspecified atom stereocenters. The molecule has 1 aromatic heterocycles. The van der Waals surface area contributed by atoms with E-state index in [1.165, 1.54) is 0 Å². The molecule has 1 heterocycles. The predicted octanol–water partition coefficient (Wildman–Crippen LogP) is 2.28. The van der Waals surface area contributed by atoms with Crippen molar-refractivity contribution in [2.24, 2.45) is 0 Å². The van der Waals surface area contributed by atoms with Crippen molar-refractivity contribution in [3.05, 3.63) is 35.9 Å². The maximum atomic E-state index is 13.1. The van der Waals surface area contributed by atoms with Gasteiger partial charge in [0.15, 0.2) is 5.82 Å². The fraction of sp³-hybridized carbons (Fsp3) is 0.100. The first-order chi connectivity index (χ1) is 8.38. The zero-order valence-corrected chi connectivity index (χ0v) is 8.74. The van der Waals surface area contributed by atoms with Gasteiger partial charge in [0.1, 0.15) is 12.1 Å². The van der Waals surface area contributed by atoms with Crippen LogP contribution >= 0.6 is 0 Å². The first kappa shape index (κ1) is 12.2. The van der Waals surface area contributed by atoms with Crippen LogP contribution in [0, 0.1) is 5.82 Å². The Balaban J connectivity index is 2.66. The predicted molar refractivity (Wildman–Crippen MR) is 54.6 cm³/mol. The standard InChI is InChI=1S/C10H6F4N4/c11-5-1-2-7(10(12,13)14)6(3-5)8-16-4-17-9(15)18-8/h1-4H,(H2,15,16,17,18). The minimum Gasteiger partial charge on any atom is -0.368 e. The average molecular weight is 258 g/mol. The lowest BCUT2D eigenvalue weighted by Gasteiger charge is -2.11. The normalized spacial score (nSPS) is 11.6. The lowest BCUT2D eigenvalue weighted by Crippen LogP contribution is -2.09. The largest absolute Gasteiger partial charge is 0.417 e. The molecule has 1 aromatic carbocycles. The molecule has 0 radical (unpaired) electrons. The van der Waals surface area contributed by atoms with Crippen molar-refractivity contribution < 1.29 is 17.6 Å². The highest BCUT2D eigenvalue weighted by molar-refractivity contribution is 5.61. The summed E-state index contributed by atoms with van der Waals surface area (Å²) in [7, 11) is 0. The Kier molecular flexibility index (Phi) is 2.85. The Bertz CT molecular complexity index is 582. The van der Waals surface area contributed by atoms with E-state index >= 15 is 0 Å². The molecular weight excluding hydrogens is 252 g/mol. The van der Waals surface area contributed by atoms with Gasteiger partial charge in [-0.25, -0.2) is 14.4 Å². The second-order valence-electron chi connectivity index (χ2n) is 3.35. The van der Waals surface area contributed by atoms with Gasteiger partial charge in [0, 0.05) is 5.56 Å². The smallest absolute Gasteiger partial charge is 0.368 e. The minimum absolute atomic E-state index is 0.239. The van der Waals surface area contributed by atoms with Gasteiger partial charge in [-0.3, -0.25) is 0 Å². The average Bonchev–Trinajstić information content (AvgIpc) is 2.27. The minimum atomic E-state index is -4.63. The molecule has 0 spiro atoms. The zero-order valence-electron chi connectivity index (χ0n) is 8.74. The molecule has 94 valence electrons. The van der Waals surface area contributed by atoms with E-state index in [2.05, 4.69) is 15.0 Å². The van der Waals surface area contributed by atoms with Gasteiger partial charge in [0.2, 0.25) is 5.95 Å². The molecule has 2 aromatic rings. The van der Waals surface area contributed by atoms with Gasteiger partial charge < -0.3 is 5.73 Å². The van der Waals surface area contributed by atoms with Gasteiger partial charge in [-0.2, -0.15) is 18.2 Å². The molecular formula is C10H6F4N4. The van der Waals surface area contributed by atoms with Crippen LogP contribution in [0.4, 0.5) is 23.5 Å². The van der Waals surface area contributed by atoms with E-state index in [-0.39, 0.29) is 11.8 Å². The highest BCUT2D eigenvalue weighted by atomic mass is 19.4. The van der Waals surface area contributed by atoms with Crippen molar-refractivity contribution in [1.29, 1.82) is 0 Å². The summed E-state index contributed by atoms with van der Waals surface area (Å²) in [4.78, 5) is 10.6. The van der Waals surface area contributed by atoms with Crippen molar-refractivity contribution in [2.75, 3.05) is 5.73 Å². The van der Waals surface area contributed by atoms with Crippen molar-refractivity contribution in [3.8, 4) is 11.4 Å². The fourth-order valence-corrected chi connectivity index (χ4v) is 1.39. The maximum absolute atomic E-state index is 13.1. The number of aromatic nitrogens is 3. The van der Waals surface area contributed by atoms with Crippen LogP contribution < -0.4 is 5.73 Å². The maximum Gasteiger partial charge on any atom is 0.417 e. The molecule has 0 fully saturated rings. The number of nitrogen functional groups attached to an aromatic ring is 1. The van der Waals surface area contributed by atoms with Crippen molar-refractivity contribution in [1.82, 2.24) is 15.0 Å².